The lowest BCUT2D eigenvalue weighted by atomic mass is 10.0. The van der Waals surface area contributed by atoms with Crippen LogP contribution in [0, 0.1) is 0 Å². The van der Waals surface area contributed by atoms with Crippen LogP contribution in [-0.4, -0.2) is 10.9 Å². The molecule has 0 aliphatic carbocycles. The quantitative estimate of drug-likeness (QED) is 0.923. The topological polar surface area (TPSA) is 37.3 Å². The summed E-state index contributed by atoms with van der Waals surface area (Å²) in [6, 6.07) is 11.8. The first-order chi connectivity index (χ1) is 9.04. The molecule has 0 aliphatic rings. The molecule has 2 rings (SSSR count). The monoisotopic (exact) mass is 294 g/mol. The molecule has 19 heavy (non-hydrogen) atoms. The lowest BCUT2D eigenvalue weighted by Crippen LogP contribution is -2.06. The Bertz CT molecular complexity index is 592. The van der Waals surface area contributed by atoms with Gasteiger partial charge in [0.05, 0.1) is 10.0 Å². The molecule has 0 heterocycles. The maximum absolute atomic E-state index is 11.9. The number of aromatic hydroxyl groups is 1. The van der Waals surface area contributed by atoms with E-state index in [1.165, 1.54) is 0 Å². The van der Waals surface area contributed by atoms with E-state index < -0.39 is 0 Å². The number of carbonyl (C=O) groups excluding carboxylic acids is 1. The van der Waals surface area contributed by atoms with E-state index in [0.29, 0.717) is 22.9 Å². The van der Waals surface area contributed by atoms with Crippen molar-refractivity contribution in [1.29, 1.82) is 0 Å². The SMILES string of the molecule is O=C(Cc1ccc(O)cc1)Cc1ccc(Cl)c(Cl)c1. The van der Waals surface area contributed by atoms with Crippen LogP contribution in [0.15, 0.2) is 42.5 Å². The minimum atomic E-state index is 0.0871. The first-order valence-corrected chi connectivity index (χ1v) is 6.54. The Morgan fingerprint density at radius 1 is 0.895 bits per heavy atom. The molecule has 0 aliphatic heterocycles. The van der Waals surface area contributed by atoms with E-state index in [-0.39, 0.29) is 11.5 Å². The standard InChI is InChI=1S/C15H12Cl2O2/c16-14-6-3-11(9-15(14)17)8-13(19)7-10-1-4-12(18)5-2-10/h1-6,9,18H,7-8H2. The van der Waals surface area contributed by atoms with Crippen LogP contribution >= 0.6 is 23.2 Å². The molecular weight excluding hydrogens is 283 g/mol. The fourth-order valence-electron chi connectivity index (χ4n) is 1.78. The molecule has 2 nitrogen and oxygen atoms in total. The molecule has 98 valence electrons. The number of carbonyl (C=O) groups is 1. The third kappa shape index (κ3) is 3.98. The van der Waals surface area contributed by atoms with Gasteiger partial charge in [-0.05, 0) is 35.4 Å². The Morgan fingerprint density at radius 2 is 1.47 bits per heavy atom. The zero-order valence-electron chi connectivity index (χ0n) is 10.1. The highest BCUT2D eigenvalue weighted by atomic mass is 35.5. The van der Waals surface area contributed by atoms with Crippen molar-refractivity contribution in [2.75, 3.05) is 0 Å². The van der Waals surface area contributed by atoms with E-state index >= 15 is 0 Å². The zero-order valence-corrected chi connectivity index (χ0v) is 11.6. The lowest BCUT2D eigenvalue weighted by Gasteiger charge is -2.04. The Labute approximate surface area is 121 Å². The number of benzene rings is 2. The van der Waals surface area contributed by atoms with Crippen molar-refractivity contribution in [1.82, 2.24) is 0 Å². The molecule has 0 spiro atoms. The second-order valence-corrected chi connectivity index (χ2v) is 5.12. The average molecular weight is 295 g/mol. The van der Waals surface area contributed by atoms with Crippen molar-refractivity contribution in [3.05, 3.63) is 63.6 Å². The molecule has 4 heteroatoms. The van der Waals surface area contributed by atoms with Crippen molar-refractivity contribution >= 4 is 29.0 Å². The van der Waals surface area contributed by atoms with Crippen LogP contribution in [0.2, 0.25) is 10.0 Å². The van der Waals surface area contributed by atoms with Gasteiger partial charge in [0.25, 0.3) is 0 Å². The van der Waals surface area contributed by atoms with E-state index in [9.17, 15) is 9.90 Å². The number of Topliss-reactive ketones (excluding diaryl/α,β-unsaturated/α-hetero) is 1. The maximum atomic E-state index is 11.9. The molecule has 0 bridgehead atoms. The van der Waals surface area contributed by atoms with Gasteiger partial charge in [0.1, 0.15) is 11.5 Å². The van der Waals surface area contributed by atoms with Gasteiger partial charge in [-0.3, -0.25) is 4.79 Å². The van der Waals surface area contributed by atoms with Gasteiger partial charge in [-0.15, -0.1) is 0 Å². The molecule has 0 saturated carbocycles. The van der Waals surface area contributed by atoms with Gasteiger partial charge in [-0.25, -0.2) is 0 Å². The van der Waals surface area contributed by atoms with Crippen LogP contribution < -0.4 is 0 Å². The third-order valence-electron chi connectivity index (χ3n) is 2.72. The van der Waals surface area contributed by atoms with E-state index in [0.717, 1.165) is 11.1 Å². The molecule has 0 radical (unpaired) electrons. The number of hydrogen-bond acceptors (Lipinski definition) is 2. The molecule has 0 aromatic heterocycles. The maximum Gasteiger partial charge on any atom is 0.141 e. The predicted molar refractivity (Wildman–Crippen MR) is 77.0 cm³/mol. The highest BCUT2D eigenvalue weighted by Gasteiger charge is 2.07. The fraction of sp³-hybridized carbons (Fsp3) is 0.133. The Morgan fingerprint density at radius 3 is 2.11 bits per heavy atom. The molecule has 0 atom stereocenters. The molecule has 0 amide bonds. The second kappa shape index (κ2) is 6.09. The molecular formula is C15H12Cl2O2. The van der Waals surface area contributed by atoms with Crippen molar-refractivity contribution in [3.8, 4) is 5.75 Å². The van der Waals surface area contributed by atoms with Crippen LogP contribution in [0.4, 0.5) is 0 Å². The summed E-state index contributed by atoms with van der Waals surface area (Å²) in [7, 11) is 0. The minimum Gasteiger partial charge on any atom is -0.508 e. The highest BCUT2D eigenvalue weighted by Crippen LogP contribution is 2.23. The van der Waals surface area contributed by atoms with E-state index in [1.54, 1.807) is 42.5 Å². The van der Waals surface area contributed by atoms with Gasteiger partial charge in [-0.2, -0.15) is 0 Å². The molecule has 1 N–H and O–H groups in total. The number of halogens is 2. The Kier molecular flexibility index (Phi) is 4.46. The summed E-state index contributed by atoms with van der Waals surface area (Å²) < 4.78 is 0. The normalized spacial score (nSPS) is 10.4. The van der Waals surface area contributed by atoms with Crippen LogP contribution in [0.3, 0.4) is 0 Å². The summed E-state index contributed by atoms with van der Waals surface area (Å²) in [4.78, 5) is 11.9. The summed E-state index contributed by atoms with van der Waals surface area (Å²) in [6.45, 7) is 0. The van der Waals surface area contributed by atoms with Gasteiger partial charge < -0.3 is 5.11 Å². The number of hydrogen-bond donors (Lipinski definition) is 1. The van der Waals surface area contributed by atoms with Gasteiger partial charge >= 0.3 is 0 Å². The molecule has 0 fully saturated rings. The van der Waals surface area contributed by atoms with E-state index in [2.05, 4.69) is 0 Å². The largest absolute Gasteiger partial charge is 0.508 e. The lowest BCUT2D eigenvalue weighted by molar-refractivity contribution is -0.117. The van der Waals surface area contributed by atoms with Crippen molar-refractivity contribution in [3.63, 3.8) is 0 Å². The third-order valence-corrected chi connectivity index (χ3v) is 3.46. The first-order valence-electron chi connectivity index (χ1n) is 5.78. The van der Waals surface area contributed by atoms with E-state index in [4.69, 9.17) is 23.2 Å². The molecule has 0 unspecified atom stereocenters. The summed E-state index contributed by atoms with van der Waals surface area (Å²) in [5, 5.41) is 10.1. The summed E-state index contributed by atoms with van der Waals surface area (Å²) in [6.07, 6.45) is 0.651. The van der Waals surface area contributed by atoms with Crippen LogP contribution in [0.1, 0.15) is 11.1 Å². The second-order valence-electron chi connectivity index (χ2n) is 4.31. The minimum absolute atomic E-state index is 0.0871. The van der Waals surface area contributed by atoms with E-state index in [1.807, 2.05) is 0 Å². The first kappa shape index (κ1) is 13.9. The predicted octanol–water partition coefficient (Wildman–Crippen LogP) is 4.05. The van der Waals surface area contributed by atoms with Gasteiger partial charge in [-0.1, -0.05) is 41.4 Å². The zero-order chi connectivity index (χ0) is 13.8. The number of phenols is 1. The van der Waals surface area contributed by atoms with Crippen LogP contribution in [0.5, 0.6) is 5.75 Å². The molecule has 0 saturated heterocycles. The van der Waals surface area contributed by atoms with Crippen molar-refractivity contribution in [2.45, 2.75) is 12.8 Å². The summed E-state index contributed by atoms with van der Waals surface area (Å²) in [5.74, 6) is 0.282. The summed E-state index contributed by atoms with van der Waals surface area (Å²) >= 11 is 11.7. The molecule has 2 aromatic carbocycles. The summed E-state index contributed by atoms with van der Waals surface area (Å²) in [5.41, 5.74) is 1.72. The number of rotatable bonds is 4. The van der Waals surface area contributed by atoms with Gasteiger partial charge in [0.15, 0.2) is 0 Å². The Balaban J connectivity index is 2.01. The van der Waals surface area contributed by atoms with Gasteiger partial charge in [0, 0.05) is 12.8 Å². The highest BCUT2D eigenvalue weighted by molar-refractivity contribution is 6.42. The number of ketones is 1. The molecule has 2 aromatic rings. The van der Waals surface area contributed by atoms with Crippen LogP contribution in [0.25, 0.3) is 0 Å². The van der Waals surface area contributed by atoms with Crippen molar-refractivity contribution < 1.29 is 9.90 Å². The van der Waals surface area contributed by atoms with Crippen molar-refractivity contribution in [2.24, 2.45) is 0 Å². The number of phenolic OH excluding ortho intramolecular Hbond substituents is 1. The smallest absolute Gasteiger partial charge is 0.141 e. The Hall–Kier alpha value is -1.51. The average Bonchev–Trinajstić information content (AvgIpc) is 2.37. The fourth-order valence-corrected chi connectivity index (χ4v) is 2.10. The van der Waals surface area contributed by atoms with Gasteiger partial charge in [0.2, 0.25) is 0 Å². The van der Waals surface area contributed by atoms with Crippen LogP contribution in [-0.2, 0) is 17.6 Å².